The Bertz CT molecular complexity index is 967. The first-order valence-corrected chi connectivity index (χ1v) is 11.3. The fourth-order valence-corrected chi connectivity index (χ4v) is 3.87. The predicted molar refractivity (Wildman–Crippen MR) is 126 cm³/mol. The second-order valence-corrected chi connectivity index (χ2v) is 7.78. The van der Waals surface area contributed by atoms with Crippen LogP contribution in [0.5, 0.6) is 0 Å². The topological polar surface area (TPSA) is 136 Å². The molecule has 0 saturated carbocycles. The van der Waals surface area contributed by atoms with Gasteiger partial charge in [0.1, 0.15) is 12.0 Å². The van der Waals surface area contributed by atoms with Crippen molar-refractivity contribution in [3.8, 4) is 0 Å². The zero-order valence-corrected chi connectivity index (χ0v) is 19.1. The van der Waals surface area contributed by atoms with Gasteiger partial charge in [-0.15, -0.1) is 0 Å². The van der Waals surface area contributed by atoms with Gasteiger partial charge in [-0.2, -0.15) is 0 Å². The van der Waals surface area contributed by atoms with E-state index in [1.165, 1.54) is 18.3 Å². The molecule has 0 spiro atoms. The molecule has 3 atom stereocenters. The van der Waals surface area contributed by atoms with Crippen molar-refractivity contribution in [3.63, 3.8) is 0 Å². The molecule has 34 heavy (non-hydrogen) atoms. The second kappa shape index (κ2) is 12.7. The minimum atomic E-state index is -0.602. The molecule has 0 fully saturated rings. The largest absolute Gasteiger partial charge is 0.459 e. The number of carbonyl (C=O) groups excluding carboxylic acids is 1. The molecule has 0 saturated heterocycles. The molecule has 10 nitrogen and oxygen atoms in total. The van der Waals surface area contributed by atoms with Crippen LogP contribution in [0.2, 0.25) is 0 Å². The number of benzene rings is 1. The molecule has 10 heteroatoms. The maximum Gasteiger partial charge on any atom is 0.287 e. The molecule has 1 amide bonds. The molecule has 0 radical (unpaired) electrons. The van der Waals surface area contributed by atoms with Gasteiger partial charge in [0.05, 0.1) is 4.92 Å². The van der Waals surface area contributed by atoms with Gasteiger partial charge in [-0.3, -0.25) is 14.9 Å². The minimum absolute atomic E-state index is 0.0408. The molecule has 1 aromatic carbocycles. The summed E-state index contributed by atoms with van der Waals surface area (Å²) >= 11 is 0. The molecular formula is C24H30N4O6. The standard InChI is InChI=1S/C24H30N4O6/c1-2-33-24-19(9-6-14-29)20(17-7-4-3-5-8-17)15-21(34-24)23(30)26-13-12-25-22-11-10-18(16-27-22)28(31)32/h3-5,7-8,10-11,15-16,19-20,24,29H,2,6,9,12-14H2,1H3,(H,25,27)(H,26,30)/t19-,20+,24+/m1/s1. The molecule has 3 N–H and O–H groups in total. The summed E-state index contributed by atoms with van der Waals surface area (Å²) in [7, 11) is 0. The number of aromatic nitrogens is 1. The summed E-state index contributed by atoms with van der Waals surface area (Å²) in [5, 5.41) is 25.9. The summed E-state index contributed by atoms with van der Waals surface area (Å²) in [4.78, 5) is 27.0. The van der Waals surface area contributed by atoms with Crippen molar-refractivity contribution in [1.82, 2.24) is 10.3 Å². The highest BCUT2D eigenvalue weighted by atomic mass is 16.7. The number of nitrogens with zero attached hydrogens (tertiary/aromatic N) is 2. The summed E-state index contributed by atoms with van der Waals surface area (Å²) in [6.07, 6.45) is 3.70. The molecule has 1 aromatic heterocycles. The summed E-state index contributed by atoms with van der Waals surface area (Å²) in [5.41, 5.74) is 0.962. The van der Waals surface area contributed by atoms with Gasteiger partial charge >= 0.3 is 0 Å². The highest BCUT2D eigenvalue weighted by Gasteiger charge is 2.37. The lowest BCUT2D eigenvalue weighted by Gasteiger charge is -2.37. The van der Waals surface area contributed by atoms with Crippen LogP contribution < -0.4 is 10.6 Å². The Kier molecular flexibility index (Phi) is 9.36. The summed E-state index contributed by atoms with van der Waals surface area (Å²) in [5.74, 6) is 0.174. The molecule has 0 aliphatic carbocycles. The number of hydrogen-bond donors (Lipinski definition) is 3. The van der Waals surface area contributed by atoms with Crippen LogP contribution in [-0.2, 0) is 14.3 Å². The number of nitrogens with one attached hydrogen (secondary N) is 2. The van der Waals surface area contributed by atoms with E-state index in [-0.39, 0.29) is 35.8 Å². The monoisotopic (exact) mass is 470 g/mol. The van der Waals surface area contributed by atoms with E-state index in [0.717, 1.165) is 5.56 Å². The van der Waals surface area contributed by atoms with Crippen molar-refractivity contribution in [2.24, 2.45) is 5.92 Å². The van der Waals surface area contributed by atoms with Gasteiger partial charge in [-0.25, -0.2) is 4.98 Å². The number of nitro groups is 1. The molecule has 2 heterocycles. The van der Waals surface area contributed by atoms with Crippen molar-refractivity contribution >= 4 is 17.4 Å². The molecule has 2 aromatic rings. The summed E-state index contributed by atoms with van der Waals surface area (Å²) in [6.45, 7) is 3.05. The first kappa shape index (κ1) is 25.1. The fourth-order valence-electron chi connectivity index (χ4n) is 3.87. The van der Waals surface area contributed by atoms with Crippen LogP contribution in [0.1, 0.15) is 31.2 Å². The maximum absolute atomic E-state index is 12.9. The van der Waals surface area contributed by atoms with E-state index in [2.05, 4.69) is 15.6 Å². The number of aliphatic hydroxyl groups is 1. The SMILES string of the molecule is CCO[C@H]1OC(C(=O)NCCNc2ccc([N+](=O)[O-])cn2)=C[C@@H](c2ccccc2)[C@H]1CCCO. The first-order chi connectivity index (χ1) is 16.5. The number of pyridine rings is 1. The van der Waals surface area contributed by atoms with Gasteiger partial charge in [0.15, 0.2) is 5.76 Å². The van der Waals surface area contributed by atoms with Crippen LogP contribution in [0.3, 0.4) is 0 Å². The van der Waals surface area contributed by atoms with Crippen molar-refractivity contribution in [3.05, 3.63) is 76.2 Å². The Morgan fingerprint density at radius 3 is 2.68 bits per heavy atom. The third kappa shape index (κ3) is 6.75. The number of carbonyl (C=O) groups is 1. The Balaban J connectivity index is 1.65. The lowest BCUT2D eigenvalue weighted by Crippen LogP contribution is -2.39. The predicted octanol–water partition coefficient (Wildman–Crippen LogP) is 2.97. The molecule has 0 unspecified atom stereocenters. The van der Waals surface area contributed by atoms with Crippen molar-refractivity contribution in [2.45, 2.75) is 32.0 Å². The number of anilines is 1. The molecule has 1 aliphatic heterocycles. The van der Waals surface area contributed by atoms with Gasteiger partial charge in [-0.05, 0) is 37.5 Å². The molecular weight excluding hydrogens is 440 g/mol. The average molecular weight is 471 g/mol. The number of amides is 1. The number of rotatable bonds is 12. The smallest absolute Gasteiger partial charge is 0.287 e. The Morgan fingerprint density at radius 2 is 2.03 bits per heavy atom. The number of aliphatic hydroxyl groups excluding tert-OH is 1. The summed E-state index contributed by atoms with van der Waals surface area (Å²) in [6, 6.07) is 12.7. The number of hydrogen-bond acceptors (Lipinski definition) is 8. The number of ether oxygens (including phenoxy) is 2. The van der Waals surface area contributed by atoms with E-state index in [4.69, 9.17) is 9.47 Å². The van der Waals surface area contributed by atoms with E-state index in [9.17, 15) is 20.0 Å². The van der Waals surface area contributed by atoms with Gasteiger partial charge in [0.25, 0.3) is 11.6 Å². The highest BCUT2D eigenvalue weighted by Crippen LogP contribution is 2.39. The van der Waals surface area contributed by atoms with Crippen LogP contribution in [0.4, 0.5) is 11.5 Å². The minimum Gasteiger partial charge on any atom is -0.459 e. The maximum atomic E-state index is 12.9. The fraction of sp³-hybridized carbons (Fsp3) is 0.417. The van der Waals surface area contributed by atoms with E-state index in [1.807, 2.05) is 43.3 Å². The van der Waals surface area contributed by atoms with Crippen molar-refractivity contribution in [1.29, 1.82) is 0 Å². The van der Waals surface area contributed by atoms with E-state index >= 15 is 0 Å². The van der Waals surface area contributed by atoms with E-state index in [1.54, 1.807) is 0 Å². The van der Waals surface area contributed by atoms with Crippen molar-refractivity contribution < 1.29 is 24.3 Å². The molecule has 1 aliphatic rings. The third-order valence-corrected chi connectivity index (χ3v) is 5.50. The Hall–Kier alpha value is -3.50. The van der Waals surface area contributed by atoms with Gasteiger partial charge < -0.3 is 25.2 Å². The van der Waals surface area contributed by atoms with Crippen molar-refractivity contribution in [2.75, 3.05) is 31.6 Å². The van der Waals surface area contributed by atoms with Crippen LogP contribution in [-0.4, -0.2) is 53.5 Å². The summed E-state index contributed by atoms with van der Waals surface area (Å²) < 4.78 is 11.8. The van der Waals surface area contributed by atoms with Gasteiger partial charge in [-0.1, -0.05) is 30.3 Å². The lowest BCUT2D eigenvalue weighted by atomic mass is 9.80. The highest BCUT2D eigenvalue weighted by molar-refractivity contribution is 5.91. The average Bonchev–Trinajstić information content (AvgIpc) is 2.86. The van der Waals surface area contributed by atoms with E-state index in [0.29, 0.717) is 38.4 Å². The normalized spacial score (nSPS) is 19.6. The lowest BCUT2D eigenvalue weighted by molar-refractivity contribution is -0.385. The van der Waals surface area contributed by atoms with E-state index < -0.39 is 11.2 Å². The Labute approximate surface area is 198 Å². The zero-order chi connectivity index (χ0) is 24.3. The quantitative estimate of drug-likeness (QED) is 0.245. The molecule has 182 valence electrons. The van der Waals surface area contributed by atoms with Gasteiger partial charge in [0.2, 0.25) is 6.29 Å². The second-order valence-electron chi connectivity index (χ2n) is 7.78. The van der Waals surface area contributed by atoms with Crippen LogP contribution in [0.25, 0.3) is 0 Å². The molecule has 3 rings (SSSR count). The first-order valence-electron chi connectivity index (χ1n) is 11.3. The van der Waals surface area contributed by atoms with Crippen LogP contribution in [0.15, 0.2) is 60.5 Å². The third-order valence-electron chi connectivity index (χ3n) is 5.50. The van der Waals surface area contributed by atoms with Gasteiger partial charge in [0, 0.05) is 44.2 Å². The van der Waals surface area contributed by atoms with Crippen LogP contribution in [0, 0.1) is 16.0 Å². The van der Waals surface area contributed by atoms with Crippen LogP contribution >= 0.6 is 0 Å². The molecule has 0 bridgehead atoms. The number of allylic oxidation sites excluding steroid dienone is 1. The zero-order valence-electron chi connectivity index (χ0n) is 19.1. The Morgan fingerprint density at radius 1 is 1.24 bits per heavy atom.